The van der Waals surface area contributed by atoms with Crippen LogP contribution in [0.1, 0.15) is 5.01 Å². The lowest BCUT2D eigenvalue weighted by Crippen LogP contribution is -2.02. The second-order valence-corrected chi connectivity index (χ2v) is 4.96. The monoisotopic (exact) mass is 277 g/mol. The molecule has 0 radical (unpaired) electrons. The molecule has 0 saturated carbocycles. The smallest absolute Gasteiger partial charge is 0.345 e. The first-order chi connectivity index (χ1) is 8.78. The number of nitrogens with zero attached hydrogens (tertiary/aromatic N) is 1. The summed E-state index contributed by atoms with van der Waals surface area (Å²) in [5.41, 5.74) is 1.30. The van der Waals surface area contributed by atoms with Crippen molar-refractivity contribution in [2.45, 2.75) is 5.88 Å². The molecule has 0 saturated heterocycles. The van der Waals surface area contributed by atoms with E-state index in [0.29, 0.717) is 22.7 Å². The van der Waals surface area contributed by atoms with E-state index < -0.39 is 0 Å². The number of alkyl halides is 1. The fourth-order valence-electron chi connectivity index (χ4n) is 1.74. The van der Waals surface area contributed by atoms with Crippen LogP contribution in [0.4, 0.5) is 0 Å². The zero-order chi connectivity index (χ0) is 12.5. The maximum Gasteiger partial charge on any atom is 0.345 e. The first kappa shape index (κ1) is 11.4. The second kappa shape index (κ2) is 4.55. The van der Waals surface area contributed by atoms with Crippen LogP contribution >= 0.6 is 22.9 Å². The molecule has 0 bridgehead atoms. The van der Waals surface area contributed by atoms with E-state index in [9.17, 15) is 4.79 Å². The van der Waals surface area contributed by atoms with Crippen LogP contribution in [-0.2, 0) is 5.88 Å². The Kier molecular flexibility index (Phi) is 2.89. The van der Waals surface area contributed by atoms with E-state index in [2.05, 4.69) is 4.98 Å². The van der Waals surface area contributed by atoms with Gasteiger partial charge in [0.2, 0.25) is 0 Å². The highest BCUT2D eigenvalue weighted by Gasteiger charge is 2.10. The van der Waals surface area contributed by atoms with Crippen molar-refractivity contribution in [1.82, 2.24) is 4.98 Å². The molecule has 1 aromatic carbocycles. The van der Waals surface area contributed by atoms with Crippen LogP contribution in [0, 0.1) is 0 Å². The summed E-state index contributed by atoms with van der Waals surface area (Å²) in [5.74, 6) is 0.351. The molecule has 5 heteroatoms. The van der Waals surface area contributed by atoms with Crippen molar-refractivity contribution in [3.63, 3.8) is 0 Å². The van der Waals surface area contributed by atoms with Crippen molar-refractivity contribution in [3.05, 3.63) is 51.1 Å². The molecule has 0 atom stereocenters. The van der Waals surface area contributed by atoms with Gasteiger partial charge in [0.15, 0.2) is 0 Å². The van der Waals surface area contributed by atoms with E-state index in [4.69, 9.17) is 16.0 Å². The molecule has 0 fully saturated rings. The van der Waals surface area contributed by atoms with Gasteiger partial charge in [-0.1, -0.05) is 18.2 Å². The minimum atomic E-state index is -0.375. The van der Waals surface area contributed by atoms with Crippen molar-refractivity contribution in [1.29, 1.82) is 0 Å². The quantitative estimate of drug-likeness (QED) is 0.530. The number of hydrogen-bond acceptors (Lipinski definition) is 4. The molecule has 90 valence electrons. The highest BCUT2D eigenvalue weighted by molar-refractivity contribution is 7.10. The molecule has 3 rings (SSSR count). The molecule has 0 N–H and O–H groups in total. The summed E-state index contributed by atoms with van der Waals surface area (Å²) >= 11 is 7.14. The van der Waals surface area contributed by atoms with Crippen LogP contribution in [0.5, 0.6) is 0 Å². The summed E-state index contributed by atoms with van der Waals surface area (Å²) in [6.07, 6.45) is 0. The van der Waals surface area contributed by atoms with Crippen LogP contribution in [0.3, 0.4) is 0 Å². The highest BCUT2D eigenvalue weighted by Crippen LogP contribution is 2.23. The summed E-state index contributed by atoms with van der Waals surface area (Å²) in [4.78, 5) is 16.2. The lowest BCUT2D eigenvalue weighted by Gasteiger charge is -1.98. The van der Waals surface area contributed by atoms with Gasteiger partial charge in [0, 0.05) is 10.8 Å². The Morgan fingerprint density at radius 1 is 1.33 bits per heavy atom. The van der Waals surface area contributed by atoms with Gasteiger partial charge >= 0.3 is 5.63 Å². The number of benzene rings is 1. The molecular weight excluding hydrogens is 270 g/mol. The number of aromatic nitrogens is 1. The molecule has 3 aromatic rings. The van der Waals surface area contributed by atoms with Gasteiger partial charge in [0.25, 0.3) is 0 Å². The molecule has 2 heterocycles. The molecule has 0 unspecified atom stereocenters. The Balaban J connectivity index is 2.22. The SMILES string of the molecule is O=c1oc2ccccc2cc1-c1csc(CCl)n1. The first-order valence-electron chi connectivity index (χ1n) is 5.31. The Hall–Kier alpha value is -1.65. The third-order valence-corrected chi connectivity index (χ3v) is 3.84. The van der Waals surface area contributed by atoms with E-state index in [0.717, 1.165) is 10.4 Å². The van der Waals surface area contributed by atoms with Crippen molar-refractivity contribution in [2.75, 3.05) is 0 Å². The minimum Gasteiger partial charge on any atom is -0.422 e. The van der Waals surface area contributed by atoms with Crippen molar-refractivity contribution >= 4 is 33.9 Å². The van der Waals surface area contributed by atoms with Gasteiger partial charge in [0.05, 0.1) is 17.1 Å². The lowest BCUT2D eigenvalue weighted by atomic mass is 10.1. The fourth-order valence-corrected chi connectivity index (χ4v) is 2.63. The summed E-state index contributed by atoms with van der Waals surface area (Å²) in [6, 6.07) is 9.20. The molecule has 0 aliphatic carbocycles. The fraction of sp³-hybridized carbons (Fsp3) is 0.0769. The van der Waals surface area contributed by atoms with E-state index in [1.54, 1.807) is 12.1 Å². The average molecular weight is 278 g/mol. The number of hydrogen-bond donors (Lipinski definition) is 0. The van der Waals surface area contributed by atoms with Gasteiger partial charge in [-0.15, -0.1) is 22.9 Å². The van der Waals surface area contributed by atoms with Gasteiger partial charge in [-0.05, 0) is 12.1 Å². The standard InChI is InChI=1S/C13H8ClNO2S/c14-6-12-15-10(7-18-12)9-5-8-3-1-2-4-11(8)17-13(9)16/h1-5,7H,6H2. The Labute approximate surface area is 112 Å². The maximum atomic E-state index is 11.9. The Morgan fingerprint density at radius 2 is 2.17 bits per heavy atom. The van der Waals surface area contributed by atoms with Gasteiger partial charge in [-0.25, -0.2) is 9.78 Å². The zero-order valence-corrected chi connectivity index (χ0v) is 10.8. The number of para-hydroxylation sites is 1. The van der Waals surface area contributed by atoms with Crippen LogP contribution < -0.4 is 5.63 Å². The van der Waals surface area contributed by atoms with E-state index >= 15 is 0 Å². The second-order valence-electron chi connectivity index (χ2n) is 3.75. The molecular formula is C13H8ClNO2S. The summed E-state index contributed by atoms with van der Waals surface area (Å²) in [6.45, 7) is 0. The number of thiazole rings is 1. The summed E-state index contributed by atoms with van der Waals surface area (Å²) < 4.78 is 5.27. The molecule has 3 nitrogen and oxygen atoms in total. The van der Waals surface area contributed by atoms with Crippen molar-refractivity contribution in [3.8, 4) is 11.3 Å². The van der Waals surface area contributed by atoms with Crippen LogP contribution in [0.2, 0.25) is 0 Å². The predicted molar refractivity (Wildman–Crippen MR) is 73.1 cm³/mol. The molecule has 0 aliphatic heterocycles. The third kappa shape index (κ3) is 1.94. The zero-order valence-electron chi connectivity index (χ0n) is 9.22. The van der Waals surface area contributed by atoms with E-state index in [-0.39, 0.29) is 5.63 Å². The molecule has 2 aromatic heterocycles. The van der Waals surface area contributed by atoms with Crippen LogP contribution in [0.25, 0.3) is 22.2 Å². The van der Waals surface area contributed by atoms with Gasteiger partial charge in [-0.2, -0.15) is 0 Å². The largest absolute Gasteiger partial charge is 0.422 e. The molecule has 0 aliphatic rings. The Morgan fingerprint density at radius 3 is 2.94 bits per heavy atom. The maximum absolute atomic E-state index is 11.9. The third-order valence-electron chi connectivity index (χ3n) is 2.58. The van der Waals surface area contributed by atoms with Gasteiger partial charge < -0.3 is 4.42 Å². The number of rotatable bonds is 2. The lowest BCUT2D eigenvalue weighted by molar-refractivity contribution is 0.563. The molecule has 0 spiro atoms. The minimum absolute atomic E-state index is 0.351. The summed E-state index contributed by atoms with van der Waals surface area (Å²) in [5, 5.41) is 3.49. The van der Waals surface area contributed by atoms with Crippen molar-refractivity contribution in [2.24, 2.45) is 0 Å². The van der Waals surface area contributed by atoms with Crippen LogP contribution in [-0.4, -0.2) is 4.98 Å². The highest BCUT2D eigenvalue weighted by atomic mass is 35.5. The number of halogens is 1. The molecule has 0 amide bonds. The Bertz CT molecular complexity index is 763. The summed E-state index contributed by atoms with van der Waals surface area (Å²) in [7, 11) is 0. The normalized spacial score (nSPS) is 10.9. The average Bonchev–Trinajstić information content (AvgIpc) is 2.86. The van der Waals surface area contributed by atoms with Gasteiger partial charge in [-0.3, -0.25) is 0 Å². The van der Waals surface area contributed by atoms with Crippen molar-refractivity contribution < 1.29 is 4.42 Å². The predicted octanol–water partition coefficient (Wildman–Crippen LogP) is 3.66. The van der Waals surface area contributed by atoms with Crippen LogP contribution in [0.15, 0.2) is 44.9 Å². The van der Waals surface area contributed by atoms with E-state index in [1.807, 2.05) is 23.6 Å². The van der Waals surface area contributed by atoms with Gasteiger partial charge in [0.1, 0.15) is 10.6 Å². The molecule has 18 heavy (non-hydrogen) atoms. The first-order valence-corrected chi connectivity index (χ1v) is 6.73. The topological polar surface area (TPSA) is 43.1 Å². The van der Waals surface area contributed by atoms with E-state index in [1.165, 1.54) is 11.3 Å². The number of fused-ring (bicyclic) bond motifs is 1.